The van der Waals surface area contributed by atoms with Crippen molar-refractivity contribution < 1.29 is 15.1 Å². The Bertz CT molecular complexity index is 683. The standard InChI is InChI=1S/C15H15N3O3/c16-15(18-21)11-6-2-3-7-12(11)17-14(20)9-10-5-1-4-8-13(10)19/h1-8,19,21H,9H2,(H2,16,18)(H,17,20). The minimum absolute atomic E-state index is 0.0250. The smallest absolute Gasteiger partial charge is 0.228 e. The van der Waals surface area contributed by atoms with E-state index in [0.717, 1.165) is 0 Å². The molecule has 2 aromatic rings. The highest BCUT2D eigenvalue weighted by Gasteiger charge is 2.11. The molecule has 0 radical (unpaired) electrons. The van der Waals surface area contributed by atoms with Crippen molar-refractivity contribution in [1.82, 2.24) is 0 Å². The van der Waals surface area contributed by atoms with Gasteiger partial charge in [-0.3, -0.25) is 4.79 Å². The molecular weight excluding hydrogens is 270 g/mol. The number of benzene rings is 2. The first kappa shape index (κ1) is 14.4. The van der Waals surface area contributed by atoms with Gasteiger partial charge in [-0.15, -0.1) is 0 Å². The van der Waals surface area contributed by atoms with Crippen LogP contribution in [0.25, 0.3) is 0 Å². The number of aromatic hydroxyl groups is 1. The summed E-state index contributed by atoms with van der Waals surface area (Å²) >= 11 is 0. The molecule has 0 atom stereocenters. The summed E-state index contributed by atoms with van der Waals surface area (Å²) in [5, 5.41) is 24.0. The fourth-order valence-electron chi connectivity index (χ4n) is 1.90. The zero-order valence-electron chi connectivity index (χ0n) is 11.2. The SMILES string of the molecule is N/C(=N/O)c1ccccc1NC(=O)Cc1ccccc1O. The zero-order valence-corrected chi connectivity index (χ0v) is 11.2. The minimum atomic E-state index is -0.310. The Hall–Kier alpha value is -3.02. The summed E-state index contributed by atoms with van der Waals surface area (Å²) in [5.74, 6) is -0.333. The van der Waals surface area contributed by atoms with E-state index in [0.29, 0.717) is 16.8 Å². The second-order valence-corrected chi connectivity index (χ2v) is 4.38. The molecule has 0 aromatic heterocycles. The van der Waals surface area contributed by atoms with E-state index in [1.807, 2.05) is 0 Å². The van der Waals surface area contributed by atoms with Gasteiger partial charge in [0.25, 0.3) is 0 Å². The quantitative estimate of drug-likeness (QED) is 0.296. The number of para-hydroxylation sites is 2. The number of carbonyl (C=O) groups excluding carboxylic acids is 1. The van der Waals surface area contributed by atoms with Crippen molar-refractivity contribution in [2.45, 2.75) is 6.42 Å². The molecule has 0 bridgehead atoms. The maximum atomic E-state index is 12.0. The summed E-state index contributed by atoms with van der Waals surface area (Å²) in [7, 11) is 0. The fourth-order valence-corrected chi connectivity index (χ4v) is 1.90. The molecule has 108 valence electrons. The number of oxime groups is 1. The van der Waals surface area contributed by atoms with Crippen LogP contribution < -0.4 is 11.1 Å². The third-order valence-electron chi connectivity index (χ3n) is 2.93. The van der Waals surface area contributed by atoms with Gasteiger partial charge < -0.3 is 21.4 Å². The van der Waals surface area contributed by atoms with E-state index in [9.17, 15) is 9.90 Å². The number of hydrogen-bond acceptors (Lipinski definition) is 4. The number of phenolic OH excluding ortho intramolecular Hbond substituents is 1. The van der Waals surface area contributed by atoms with E-state index >= 15 is 0 Å². The van der Waals surface area contributed by atoms with Crippen LogP contribution in [0.2, 0.25) is 0 Å². The molecule has 0 heterocycles. The molecule has 0 saturated carbocycles. The van der Waals surface area contributed by atoms with Gasteiger partial charge in [0, 0.05) is 11.1 Å². The van der Waals surface area contributed by atoms with Gasteiger partial charge in [-0.25, -0.2) is 0 Å². The van der Waals surface area contributed by atoms with Gasteiger partial charge in [0.2, 0.25) is 5.91 Å². The van der Waals surface area contributed by atoms with Crippen molar-refractivity contribution in [2.75, 3.05) is 5.32 Å². The fraction of sp³-hybridized carbons (Fsp3) is 0.0667. The van der Waals surface area contributed by atoms with Crippen LogP contribution in [-0.4, -0.2) is 22.1 Å². The molecule has 0 saturated heterocycles. The molecule has 0 spiro atoms. The van der Waals surface area contributed by atoms with Gasteiger partial charge in [0.1, 0.15) is 5.75 Å². The molecule has 2 aromatic carbocycles. The highest BCUT2D eigenvalue weighted by molar-refractivity contribution is 6.05. The molecule has 1 amide bonds. The molecule has 0 unspecified atom stereocenters. The van der Waals surface area contributed by atoms with E-state index in [1.165, 1.54) is 6.07 Å². The summed E-state index contributed by atoms with van der Waals surface area (Å²) in [4.78, 5) is 12.0. The van der Waals surface area contributed by atoms with E-state index in [4.69, 9.17) is 10.9 Å². The molecule has 6 heteroatoms. The first-order chi connectivity index (χ1) is 10.1. The van der Waals surface area contributed by atoms with E-state index in [-0.39, 0.29) is 23.9 Å². The van der Waals surface area contributed by atoms with Gasteiger partial charge in [-0.1, -0.05) is 35.5 Å². The Morgan fingerprint density at radius 2 is 1.81 bits per heavy atom. The predicted molar refractivity (Wildman–Crippen MR) is 79.4 cm³/mol. The van der Waals surface area contributed by atoms with Crippen LogP contribution in [0.15, 0.2) is 53.7 Å². The number of amidine groups is 1. The first-order valence-electron chi connectivity index (χ1n) is 6.25. The van der Waals surface area contributed by atoms with Crippen molar-refractivity contribution in [3.05, 3.63) is 59.7 Å². The van der Waals surface area contributed by atoms with Gasteiger partial charge in [-0.05, 0) is 18.2 Å². The highest BCUT2D eigenvalue weighted by atomic mass is 16.4. The topological polar surface area (TPSA) is 108 Å². The third kappa shape index (κ3) is 3.50. The van der Waals surface area contributed by atoms with Crippen LogP contribution in [0.3, 0.4) is 0 Å². The number of nitrogens with zero attached hydrogens (tertiary/aromatic N) is 1. The van der Waals surface area contributed by atoms with Crippen LogP contribution in [0, 0.1) is 0 Å². The van der Waals surface area contributed by atoms with Crippen molar-refractivity contribution in [2.24, 2.45) is 10.9 Å². The largest absolute Gasteiger partial charge is 0.508 e. The summed E-state index contributed by atoms with van der Waals surface area (Å²) in [6.07, 6.45) is 0.0250. The second-order valence-electron chi connectivity index (χ2n) is 4.38. The predicted octanol–water partition coefficient (Wildman–Crippen LogP) is 1.67. The maximum absolute atomic E-state index is 12.0. The zero-order chi connectivity index (χ0) is 15.2. The Kier molecular flexibility index (Phi) is 4.40. The number of carbonyl (C=O) groups is 1. The number of nitrogens with one attached hydrogen (secondary N) is 1. The van der Waals surface area contributed by atoms with Gasteiger partial charge in [-0.2, -0.15) is 0 Å². The first-order valence-corrected chi connectivity index (χ1v) is 6.25. The van der Waals surface area contributed by atoms with E-state index < -0.39 is 0 Å². The average molecular weight is 285 g/mol. The summed E-state index contributed by atoms with van der Waals surface area (Å²) in [6.45, 7) is 0. The van der Waals surface area contributed by atoms with E-state index in [1.54, 1.807) is 42.5 Å². The van der Waals surface area contributed by atoms with Crippen LogP contribution in [0.4, 0.5) is 5.69 Å². The lowest BCUT2D eigenvalue weighted by Gasteiger charge is -2.10. The Morgan fingerprint density at radius 1 is 1.14 bits per heavy atom. The number of phenols is 1. The number of nitrogens with two attached hydrogens (primary N) is 1. The summed E-state index contributed by atoms with van der Waals surface area (Å²) < 4.78 is 0. The lowest BCUT2D eigenvalue weighted by Crippen LogP contribution is -2.20. The van der Waals surface area contributed by atoms with Gasteiger partial charge in [0.05, 0.1) is 12.1 Å². The Morgan fingerprint density at radius 3 is 2.52 bits per heavy atom. The molecule has 0 aliphatic rings. The Balaban J connectivity index is 2.16. The number of rotatable bonds is 4. The van der Waals surface area contributed by atoms with Crippen molar-refractivity contribution >= 4 is 17.4 Å². The highest BCUT2D eigenvalue weighted by Crippen LogP contribution is 2.18. The van der Waals surface area contributed by atoms with Gasteiger partial charge in [0.15, 0.2) is 5.84 Å². The molecule has 0 aliphatic heterocycles. The molecule has 0 fully saturated rings. The van der Waals surface area contributed by atoms with Crippen LogP contribution in [-0.2, 0) is 11.2 Å². The average Bonchev–Trinajstić information content (AvgIpc) is 2.49. The monoisotopic (exact) mass is 285 g/mol. The van der Waals surface area contributed by atoms with Crippen LogP contribution in [0.5, 0.6) is 5.75 Å². The Labute approximate surface area is 121 Å². The maximum Gasteiger partial charge on any atom is 0.228 e. The molecule has 6 nitrogen and oxygen atoms in total. The number of amides is 1. The lowest BCUT2D eigenvalue weighted by atomic mass is 10.1. The van der Waals surface area contributed by atoms with Crippen molar-refractivity contribution in [3.8, 4) is 5.75 Å². The van der Waals surface area contributed by atoms with E-state index in [2.05, 4.69) is 10.5 Å². The molecule has 5 N–H and O–H groups in total. The van der Waals surface area contributed by atoms with Gasteiger partial charge >= 0.3 is 0 Å². The normalized spacial score (nSPS) is 11.1. The number of hydrogen-bond donors (Lipinski definition) is 4. The molecular formula is C15H15N3O3. The van der Waals surface area contributed by atoms with Crippen LogP contribution >= 0.6 is 0 Å². The summed E-state index contributed by atoms with van der Waals surface area (Å²) in [6, 6.07) is 13.3. The summed E-state index contributed by atoms with van der Waals surface area (Å²) in [5.41, 5.74) is 6.94. The molecule has 0 aliphatic carbocycles. The number of anilines is 1. The minimum Gasteiger partial charge on any atom is -0.508 e. The second kappa shape index (κ2) is 6.42. The molecule has 2 rings (SSSR count). The van der Waals surface area contributed by atoms with Crippen molar-refractivity contribution in [3.63, 3.8) is 0 Å². The van der Waals surface area contributed by atoms with Crippen molar-refractivity contribution in [1.29, 1.82) is 0 Å². The third-order valence-corrected chi connectivity index (χ3v) is 2.93. The molecule has 21 heavy (non-hydrogen) atoms. The van der Waals surface area contributed by atoms with Crippen LogP contribution in [0.1, 0.15) is 11.1 Å². The lowest BCUT2D eigenvalue weighted by molar-refractivity contribution is -0.115.